The molecule has 2 rings (SSSR count). The van der Waals surface area contributed by atoms with Crippen LogP contribution < -0.4 is 0 Å². The zero-order chi connectivity index (χ0) is 16.3. The minimum Gasteiger partial charge on any atom is -0.339 e. The molecule has 0 radical (unpaired) electrons. The number of alkyl halides is 3. The lowest BCUT2D eigenvalue weighted by Gasteiger charge is -2.35. The Labute approximate surface area is 134 Å². The van der Waals surface area contributed by atoms with Gasteiger partial charge in [0.25, 0.3) is 0 Å². The Bertz CT molecular complexity index is 569. The van der Waals surface area contributed by atoms with Gasteiger partial charge in [0.1, 0.15) is 0 Å². The van der Waals surface area contributed by atoms with E-state index in [0.29, 0.717) is 0 Å². The monoisotopic (exact) mass is 378 g/mol. The topological polar surface area (TPSA) is 40.6 Å². The Morgan fingerprint density at radius 2 is 1.59 bits per heavy atom. The lowest BCUT2D eigenvalue weighted by Crippen LogP contribution is -2.53. The van der Waals surface area contributed by atoms with Crippen molar-refractivity contribution in [3.05, 3.63) is 34.3 Å². The van der Waals surface area contributed by atoms with Crippen LogP contribution in [0.15, 0.2) is 28.7 Å². The molecule has 0 bridgehead atoms. The Morgan fingerprint density at radius 1 is 1.05 bits per heavy atom. The predicted octanol–water partition coefficient (Wildman–Crippen LogP) is 2.22. The molecular weight excluding hydrogens is 365 g/mol. The van der Waals surface area contributed by atoms with E-state index in [4.69, 9.17) is 0 Å². The molecule has 4 nitrogen and oxygen atoms in total. The van der Waals surface area contributed by atoms with Gasteiger partial charge < -0.3 is 9.80 Å². The Morgan fingerprint density at radius 3 is 2.14 bits per heavy atom. The van der Waals surface area contributed by atoms with Crippen LogP contribution in [-0.2, 0) is 16.0 Å². The molecule has 22 heavy (non-hydrogen) atoms. The zero-order valence-corrected chi connectivity index (χ0v) is 13.2. The first-order valence-corrected chi connectivity index (χ1v) is 7.45. The van der Waals surface area contributed by atoms with Crippen LogP contribution in [0.25, 0.3) is 0 Å². The van der Waals surface area contributed by atoms with Crippen LogP contribution >= 0.6 is 15.9 Å². The van der Waals surface area contributed by atoms with Gasteiger partial charge in [-0.25, -0.2) is 0 Å². The minimum atomic E-state index is -4.86. The minimum absolute atomic E-state index is 0.0972. The summed E-state index contributed by atoms with van der Waals surface area (Å²) in [5, 5.41) is 0. The fourth-order valence-corrected chi connectivity index (χ4v) is 2.68. The van der Waals surface area contributed by atoms with E-state index < -0.39 is 12.1 Å². The third-order valence-corrected chi connectivity index (χ3v) is 4.24. The number of carbonyl (C=O) groups excluding carboxylic acids is 2. The summed E-state index contributed by atoms with van der Waals surface area (Å²) in [5.74, 6) is -2.00. The number of rotatable bonds is 2. The molecule has 1 heterocycles. The highest BCUT2D eigenvalue weighted by Crippen LogP contribution is 2.20. The first-order valence-electron chi connectivity index (χ1n) is 6.66. The maximum absolute atomic E-state index is 12.3. The van der Waals surface area contributed by atoms with Gasteiger partial charge in [0, 0.05) is 30.7 Å². The van der Waals surface area contributed by atoms with Crippen molar-refractivity contribution in [2.24, 2.45) is 0 Å². The van der Waals surface area contributed by atoms with Gasteiger partial charge in [-0.3, -0.25) is 9.59 Å². The van der Waals surface area contributed by atoms with Gasteiger partial charge in [-0.2, -0.15) is 13.2 Å². The third kappa shape index (κ3) is 4.00. The van der Waals surface area contributed by atoms with Crippen LogP contribution in [0, 0.1) is 0 Å². The molecule has 1 aromatic rings. The van der Waals surface area contributed by atoms with Crippen molar-refractivity contribution in [2.45, 2.75) is 12.6 Å². The quantitative estimate of drug-likeness (QED) is 0.791. The predicted molar refractivity (Wildman–Crippen MR) is 77.1 cm³/mol. The summed E-state index contributed by atoms with van der Waals surface area (Å²) in [4.78, 5) is 25.5. The van der Waals surface area contributed by atoms with E-state index in [9.17, 15) is 22.8 Å². The van der Waals surface area contributed by atoms with Gasteiger partial charge in [0.2, 0.25) is 5.91 Å². The summed E-state index contributed by atoms with van der Waals surface area (Å²) in [6.07, 6.45) is -4.68. The number of benzene rings is 1. The maximum atomic E-state index is 12.3. The molecule has 0 aromatic heterocycles. The molecular formula is C14H14BrF3N2O2. The molecule has 1 saturated heterocycles. The van der Waals surface area contributed by atoms with E-state index in [1.54, 1.807) is 0 Å². The van der Waals surface area contributed by atoms with Gasteiger partial charge in [-0.05, 0) is 11.6 Å². The molecule has 120 valence electrons. The first-order chi connectivity index (χ1) is 10.3. The summed E-state index contributed by atoms with van der Waals surface area (Å²) in [6, 6.07) is 7.28. The zero-order valence-electron chi connectivity index (χ0n) is 11.6. The molecule has 1 aromatic carbocycles. The van der Waals surface area contributed by atoms with Crippen LogP contribution in [0.5, 0.6) is 0 Å². The van der Waals surface area contributed by atoms with Crippen molar-refractivity contribution in [1.29, 1.82) is 0 Å². The number of halogens is 4. The SMILES string of the molecule is O=C(Cc1ccccc1Br)N1CCN(C(=O)C(F)(F)F)CC1. The smallest absolute Gasteiger partial charge is 0.339 e. The molecule has 0 aliphatic carbocycles. The summed E-state index contributed by atoms with van der Waals surface area (Å²) in [5.41, 5.74) is 0.821. The third-order valence-electron chi connectivity index (χ3n) is 3.46. The van der Waals surface area contributed by atoms with Crippen LogP contribution in [0.4, 0.5) is 13.2 Å². The summed E-state index contributed by atoms with van der Waals surface area (Å²) >= 11 is 3.35. The Balaban J connectivity index is 1.90. The highest BCUT2D eigenvalue weighted by molar-refractivity contribution is 9.10. The van der Waals surface area contributed by atoms with E-state index in [1.807, 2.05) is 24.3 Å². The van der Waals surface area contributed by atoms with E-state index in [-0.39, 0.29) is 38.5 Å². The van der Waals surface area contributed by atoms with Crippen LogP contribution in [0.1, 0.15) is 5.56 Å². The molecule has 2 amide bonds. The van der Waals surface area contributed by atoms with Crippen molar-refractivity contribution in [2.75, 3.05) is 26.2 Å². The Kier molecular flexibility index (Phi) is 5.10. The van der Waals surface area contributed by atoms with E-state index >= 15 is 0 Å². The van der Waals surface area contributed by atoms with Crippen molar-refractivity contribution < 1.29 is 22.8 Å². The molecule has 1 fully saturated rings. The van der Waals surface area contributed by atoms with E-state index in [0.717, 1.165) is 14.9 Å². The molecule has 0 spiro atoms. The molecule has 1 aliphatic heterocycles. The summed E-state index contributed by atoms with van der Waals surface area (Å²) in [7, 11) is 0. The van der Waals surface area contributed by atoms with E-state index in [2.05, 4.69) is 15.9 Å². The van der Waals surface area contributed by atoms with Crippen LogP contribution in [0.2, 0.25) is 0 Å². The second-order valence-electron chi connectivity index (χ2n) is 4.94. The lowest BCUT2D eigenvalue weighted by molar-refractivity contribution is -0.187. The average Bonchev–Trinajstić information content (AvgIpc) is 2.48. The van der Waals surface area contributed by atoms with Crippen molar-refractivity contribution in [3.63, 3.8) is 0 Å². The molecule has 0 saturated carbocycles. The van der Waals surface area contributed by atoms with Crippen molar-refractivity contribution >= 4 is 27.7 Å². The largest absolute Gasteiger partial charge is 0.471 e. The number of carbonyl (C=O) groups is 2. The highest BCUT2D eigenvalue weighted by Gasteiger charge is 2.43. The number of piperazine rings is 1. The van der Waals surface area contributed by atoms with Crippen LogP contribution in [0.3, 0.4) is 0 Å². The van der Waals surface area contributed by atoms with Gasteiger partial charge in [0.15, 0.2) is 0 Å². The maximum Gasteiger partial charge on any atom is 0.471 e. The van der Waals surface area contributed by atoms with Gasteiger partial charge in [-0.15, -0.1) is 0 Å². The number of nitrogens with zero attached hydrogens (tertiary/aromatic N) is 2. The molecule has 0 unspecified atom stereocenters. The summed E-state index contributed by atoms with van der Waals surface area (Å²) < 4.78 is 37.8. The highest BCUT2D eigenvalue weighted by atomic mass is 79.9. The van der Waals surface area contributed by atoms with Gasteiger partial charge in [0.05, 0.1) is 6.42 Å². The number of hydrogen-bond acceptors (Lipinski definition) is 2. The van der Waals surface area contributed by atoms with Crippen molar-refractivity contribution in [3.8, 4) is 0 Å². The average molecular weight is 379 g/mol. The molecule has 1 aliphatic rings. The normalized spacial score (nSPS) is 15.8. The van der Waals surface area contributed by atoms with Gasteiger partial charge >= 0.3 is 12.1 Å². The lowest BCUT2D eigenvalue weighted by atomic mass is 10.1. The summed E-state index contributed by atoms with van der Waals surface area (Å²) in [6.45, 7) is 0.0380. The number of amides is 2. The second-order valence-corrected chi connectivity index (χ2v) is 5.79. The fourth-order valence-electron chi connectivity index (χ4n) is 2.25. The fraction of sp³-hybridized carbons (Fsp3) is 0.429. The standard InChI is InChI=1S/C14H14BrF3N2O2/c15-11-4-2-1-3-10(11)9-12(21)19-5-7-20(8-6-19)13(22)14(16,17)18/h1-4H,5-9H2. The van der Waals surface area contributed by atoms with E-state index in [1.165, 1.54) is 4.90 Å². The first kappa shape index (κ1) is 16.8. The second kappa shape index (κ2) is 6.68. The molecule has 0 atom stereocenters. The van der Waals surface area contributed by atoms with Crippen LogP contribution in [-0.4, -0.2) is 54.0 Å². The van der Waals surface area contributed by atoms with Crippen molar-refractivity contribution in [1.82, 2.24) is 9.80 Å². The Hall–Kier alpha value is -1.57. The van der Waals surface area contributed by atoms with Gasteiger partial charge in [-0.1, -0.05) is 34.1 Å². The molecule has 0 N–H and O–H groups in total. The number of hydrogen-bond donors (Lipinski definition) is 0. The molecule has 8 heteroatoms.